The molecule has 0 bridgehead atoms. The number of nitrogens with two attached hydrogens (primary N) is 1. The van der Waals surface area contributed by atoms with E-state index < -0.39 is 21.9 Å². The number of sulfonamides is 1. The third-order valence-electron chi connectivity index (χ3n) is 4.74. The minimum Gasteiger partial charge on any atom is -0.227 e. The highest BCUT2D eigenvalue weighted by Gasteiger charge is 2.35. The second kappa shape index (κ2) is 8.19. The van der Waals surface area contributed by atoms with Gasteiger partial charge in [0.25, 0.3) is 0 Å². The van der Waals surface area contributed by atoms with Crippen molar-refractivity contribution in [1.29, 1.82) is 0 Å². The Morgan fingerprint density at radius 1 is 1.06 bits per heavy atom. The van der Waals surface area contributed by atoms with E-state index in [2.05, 4.69) is 21.9 Å². The number of aromatic nitrogens is 3. The first-order chi connectivity index (χ1) is 15.4. The fourth-order valence-corrected chi connectivity index (χ4v) is 3.71. The van der Waals surface area contributed by atoms with Crippen LogP contribution in [0, 0.1) is 18.8 Å². The van der Waals surface area contributed by atoms with E-state index in [0.717, 1.165) is 6.07 Å². The first-order valence-electron chi connectivity index (χ1n) is 9.31. The van der Waals surface area contributed by atoms with Crippen molar-refractivity contribution in [3.63, 3.8) is 0 Å². The number of hydrogen-bond donors (Lipinski definition) is 1. The lowest BCUT2D eigenvalue weighted by Gasteiger charge is -2.11. The molecule has 0 radical (unpaired) electrons. The first kappa shape index (κ1) is 22.8. The fraction of sp³-hybridized carbons (Fsp3) is 0.0909. The van der Waals surface area contributed by atoms with E-state index in [4.69, 9.17) is 16.7 Å². The van der Waals surface area contributed by atoms with Gasteiger partial charge in [0.2, 0.25) is 10.0 Å². The number of primary sulfonamides is 1. The van der Waals surface area contributed by atoms with E-state index >= 15 is 0 Å². The Balaban J connectivity index is 1.84. The van der Waals surface area contributed by atoms with Gasteiger partial charge in [0.05, 0.1) is 22.3 Å². The van der Waals surface area contributed by atoms with Crippen molar-refractivity contribution in [2.24, 2.45) is 5.14 Å². The van der Waals surface area contributed by atoms with Gasteiger partial charge in [0.1, 0.15) is 0 Å². The fourth-order valence-electron chi connectivity index (χ4n) is 3.07. The van der Waals surface area contributed by atoms with Gasteiger partial charge in [-0.3, -0.25) is 0 Å². The average Bonchev–Trinajstić information content (AvgIpc) is 3.15. The Labute approximate surface area is 191 Å². The summed E-state index contributed by atoms with van der Waals surface area (Å²) >= 11 is 6.04. The Bertz CT molecular complexity index is 1550. The van der Waals surface area contributed by atoms with Crippen molar-refractivity contribution in [2.45, 2.75) is 18.0 Å². The van der Waals surface area contributed by atoms with Crippen LogP contribution < -0.4 is 5.14 Å². The highest BCUT2D eigenvalue weighted by Crippen LogP contribution is 2.33. The maximum absolute atomic E-state index is 13.7. The number of fused-ring (bicyclic) bond motifs is 1. The minimum atomic E-state index is -4.68. The molecule has 4 rings (SSSR count). The molecule has 0 aliphatic carbocycles. The zero-order chi connectivity index (χ0) is 24.0. The summed E-state index contributed by atoms with van der Waals surface area (Å²) in [4.78, 5) is 4.29. The molecule has 11 heteroatoms. The summed E-state index contributed by atoms with van der Waals surface area (Å²) in [5.41, 5.74) is 0.785. The van der Waals surface area contributed by atoms with Crippen molar-refractivity contribution in [3.05, 3.63) is 82.1 Å². The van der Waals surface area contributed by atoms with Crippen LogP contribution in [-0.2, 0) is 16.2 Å². The number of rotatable bonds is 2. The highest BCUT2D eigenvalue weighted by atomic mass is 35.5. The summed E-state index contributed by atoms with van der Waals surface area (Å²) in [5, 5.41) is 9.38. The van der Waals surface area contributed by atoms with E-state index in [1.165, 1.54) is 30.5 Å². The zero-order valence-corrected chi connectivity index (χ0v) is 18.4. The normalized spacial score (nSPS) is 11.9. The summed E-state index contributed by atoms with van der Waals surface area (Å²) in [6.07, 6.45) is -3.49. The van der Waals surface area contributed by atoms with Crippen molar-refractivity contribution in [3.8, 4) is 23.1 Å². The number of benzene rings is 2. The molecule has 0 aliphatic heterocycles. The summed E-state index contributed by atoms with van der Waals surface area (Å²) < 4.78 is 64.7. The van der Waals surface area contributed by atoms with E-state index in [0.29, 0.717) is 26.2 Å². The molecular formula is C22H14ClF3N4O2S. The van der Waals surface area contributed by atoms with Gasteiger partial charge in [-0.2, -0.15) is 18.3 Å². The number of alkyl halides is 3. The van der Waals surface area contributed by atoms with Gasteiger partial charge in [-0.1, -0.05) is 29.5 Å². The number of aryl methyl sites for hydroxylation is 1. The Hall–Kier alpha value is -3.39. The van der Waals surface area contributed by atoms with Crippen LogP contribution in [0.3, 0.4) is 0 Å². The van der Waals surface area contributed by atoms with Crippen LogP contribution in [0.25, 0.3) is 16.9 Å². The minimum absolute atomic E-state index is 0.0684. The van der Waals surface area contributed by atoms with Gasteiger partial charge in [0.15, 0.2) is 11.3 Å². The van der Waals surface area contributed by atoms with Gasteiger partial charge in [-0.25, -0.2) is 23.1 Å². The maximum atomic E-state index is 13.7. The smallest absolute Gasteiger partial charge is 0.227 e. The summed E-state index contributed by atoms with van der Waals surface area (Å²) in [5.74, 6) is 5.53. The Kier molecular flexibility index (Phi) is 5.66. The van der Waals surface area contributed by atoms with Crippen LogP contribution in [0.4, 0.5) is 13.2 Å². The number of nitrogens with zero attached hydrogens (tertiary/aromatic N) is 3. The second-order valence-corrected chi connectivity index (χ2v) is 9.07. The molecule has 4 aromatic rings. The molecule has 0 spiro atoms. The van der Waals surface area contributed by atoms with E-state index in [1.54, 1.807) is 25.1 Å². The van der Waals surface area contributed by atoms with E-state index in [-0.39, 0.29) is 21.8 Å². The molecule has 2 aromatic heterocycles. The number of halogens is 4. The lowest BCUT2D eigenvalue weighted by atomic mass is 10.1. The molecule has 168 valence electrons. The predicted octanol–water partition coefficient (Wildman–Crippen LogP) is 4.42. The third kappa shape index (κ3) is 4.71. The molecule has 0 unspecified atom stereocenters. The maximum Gasteiger partial charge on any atom is 0.433 e. The van der Waals surface area contributed by atoms with Gasteiger partial charge < -0.3 is 0 Å². The molecule has 6 nitrogen and oxygen atoms in total. The van der Waals surface area contributed by atoms with Gasteiger partial charge >= 0.3 is 6.18 Å². The van der Waals surface area contributed by atoms with E-state index in [1.807, 2.05) is 0 Å². The van der Waals surface area contributed by atoms with Gasteiger partial charge in [-0.05, 0) is 55.0 Å². The van der Waals surface area contributed by atoms with Crippen LogP contribution in [0.15, 0.2) is 59.6 Å². The van der Waals surface area contributed by atoms with Gasteiger partial charge in [-0.15, -0.1) is 0 Å². The van der Waals surface area contributed by atoms with Gasteiger partial charge in [0, 0.05) is 16.1 Å². The van der Waals surface area contributed by atoms with Crippen LogP contribution >= 0.6 is 11.6 Å². The average molecular weight is 491 g/mol. The van der Waals surface area contributed by atoms with Crippen LogP contribution in [-0.4, -0.2) is 23.0 Å². The van der Waals surface area contributed by atoms with Crippen molar-refractivity contribution in [2.75, 3.05) is 0 Å². The molecule has 33 heavy (non-hydrogen) atoms. The number of hydrogen-bond acceptors (Lipinski definition) is 4. The quantitative estimate of drug-likeness (QED) is 0.421. The Morgan fingerprint density at radius 3 is 2.36 bits per heavy atom. The summed E-state index contributed by atoms with van der Waals surface area (Å²) in [6, 6.07) is 11.2. The molecular weight excluding hydrogens is 477 g/mol. The molecule has 2 aromatic carbocycles. The summed E-state index contributed by atoms with van der Waals surface area (Å²) in [6.45, 7) is 1.74. The molecule has 2 N–H and O–H groups in total. The van der Waals surface area contributed by atoms with Crippen molar-refractivity contribution < 1.29 is 21.6 Å². The first-order valence-corrected chi connectivity index (χ1v) is 11.2. The summed E-state index contributed by atoms with van der Waals surface area (Å²) in [7, 11) is -3.85. The standard InChI is InChI=1S/C22H14ClF3N4O2S/c1-13-10-15(6-9-18(13)23)19-11-20(22(24,25)26)30-21(29-19)16(12-28-30)5-2-14-3-7-17(8-4-14)33(27,31)32/h3-4,6-12H,1H3,(H2,27,31,32). The van der Waals surface area contributed by atoms with Crippen molar-refractivity contribution >= 4 is 27.3 Å². The highest BCUT2D eigenvalue weighted by molar-refractivity contribution is 7.89. The monoisotopic (exact) mass is 490 g/mol. The largest absolute Gasteiger partial charge is 0.433 e. The SMILES string of the molecule is Cc1cc(-c2cc(C(F)(F)F)n3ncc(C#Cc4ccc(S(N)(=O)=O)cc4)c3n2)ccc1Cl. The molecule has 0 fully saturated rings. The third-order valence-corrected chi connectivity index (χ3v) is 6.09. The molecule has 0 saturated heterocycles. The lowest BCUT2D eigenvalue weighted by molar-refractivity contribution is -0.142. The van der Waals surface area contributed by atoms with Crippen molar-refractivity contribution in [1.82, 2.24) is 14.6 Å². The van der Waals surface area contributed by atoms with Crippen LogP contribution in [0.1, 0.15) is 22.4 Å². The zero-order valence-electron chi connectivity index (χ0n) is 16.9. The topological polar surface area (TPSA) is 90.4 Å². The second-order valence-electron chi connectivity index (χ2n) is 7.10. The predicted molar refractivity (Wildman–Crippen MR) is 117 cm³/mol. The lowest BCUT2D eigenvalue weighted by Crippen LogP contribution is -2.13. The molecule has 2 heterocycles. The van der Waals surface area contributed by atoms with Crippen LogP contribution in [0.5, 0.6) is 0 Å². The molecule has 0 aliphatic rings. The molecule has 0 atom stereocenters. The molecule has 0 saturated carbocycles. The van der Waals surface area contributed by atoms with E-state index in [9.17, 15) is 21.6 Å². The van der Waals surface area contributed by atoms with Crippen LogP contribution in [0.2, 0.25) is 5.02 Å². The molecule has 0 amide bonds. The Morgan fingerprint density at radius 2 is 1.76 bits per heavy atom.